The number of aromatic nitrogens is 1. The lowest BCUT2D eigenvalue weighted by atomic mass is 9.93. The van der Waals surface area contributed by atoms with Gasteiger partial charge in [0.1, 0.15) is 22.3 Å². The number of aliphatic hydroxyl groups excluding tert-OH is 1. The minimum atomic E-state index is -4.02. The van der Waals surface area contributed by atoms with Gasteiger partial charge in [-0.15, -0.1) is 0 Å². The van der Waals surface area contributed by atoms with Gasteiger partial charge in [0.25, 0.3) is 10.0 Å². The fourth-order valence-corrected chi connectivity index (χ4v) is 4.14. The topological polar surface area (TPSA) is 82.5 Å². The van der Waals surface area contributed by atoms with Crippen LogP contribution in [0.25, 0.3) is 0 Å². The first-order chi connectivity index (χ1) is 12.7. The second-order valence-electron chi connectivity index (χ2n) is 6.70. The molecule has 0 bridgehead atoms. The van der Waals surface area contributed by atoms with Crippen molar-refractivity contribution in [1.82, 2.24) is 4.98 Å². The van der Waals surface area contributed by atoms with Crippen molar-refractivity contribution in [3.8, 4) is 0 Å². The molecule has 1 aliphatic rings. The average molecular weight is 397 g/mol. The molecule has 6 nitrogen and oxygen atoms in total. The van der Waals surface area contributed by atoms with Gasteiger partial charge in [0.15, 0.2) is 0 Å². The van der Waals surface area contributed by atoms with Gasteiger partial charge in [-0.3, -0.25) is 4.72 Å². The Morgan fingerprint density at radius 3 is 2.56 bits per heavy atom. The fourth-order valence-electron chi connectivity index (χ4n) is 3.16. The summed E-state index contributed by atoms with van der Waals surface area (Å²) in [5.74, 6) is -0.984. The van der Waals surface area contributed by atoms with Crippen molar-refractivity contribution in [3.05, 3.63) is 48.2 Å². The fraction of sp³-hybridized carbons (Fsp3) is 0.389. The van der Waals surface area contributed by atoms with E-state index in [1.54, 1.807) is 13.0 Å². The van der Waals surface area contributed by atoms with E-state index >= 15 is 0 Å². The van der Waals surface area contributed by atoms with Gasteiger partial charge in [0.2, 0.25) is 0 Å². The highest BCUT2D eigenvalue weighted by Gasteiger charge is 2.24. The van der Waals surface area contributed by atoms with Crippen molar-refractivity contribution in [2.75, 3.05) is 22.7 Å². The van der Waals surface area contributed by atoms with Crippen LogP contribution in [0.2, 0.25) is 0 Å². The molecule has 1 aromatic heterocycles. The van der Waals surface area contributed by atoms with Crippen molar-refractivity contribution in [2.24, 2.45) is 5.92 Å². The van der Waals surface area contributed by atoms with Crippen molar-refractivity contribution < 1.29 is 22.3 Å². The lowest BCUT2D eigenvalue weighted by molar-refractivity contribution is 0.115. The smallest absolute Gasteiger partial charge is 0.263 e. The van der Waals surface area contributed by atoms with E-state index in [-0.39, 0.29) is 16.5 Å². The van der Waals surface area contributed by atoms with Crippen LogP contribution in [0, 0.1) is 17.6 Å². The van der Waals surface area contributed by atoms with Crippen LogP contribution in [0.1, 0.15) is 19.8 Å². The first kappa shape index (κ1) is 19.5. The summed E-state index contributed by atoms with van der Waals surface area (Å²) >= 11 is 0. The van der Waals surface area contributed by atoms with Crippen molar-refractivity contribution in [3.63, 3.8) is 0 Å². The van der Waals surface area contributed by atoms with Gasteiger partial charge < -0.3 is 10.0 Å². The van der Waals surface area contributed by atoms with E-state index < -0.39 is 27.8 Å². The van der Waals surface area contributed by atoms with Crippen molar-refractivity contribution in [1.29, 1.82) is 0 Å². The predicted octanol–water partition coefficient (Wildman–Crippen LogP) is 2.76. The number of rotatable bonds is 5. The molecule has 0 spiro atoms. The molecule has 1 aliphatic heterocycles. The Morgan fingerprint density at radius 2 is 1.96 bits per heavy atom. The molecular formula is C18H21F2N3O3S. The molecule has 1 fully saturated rings. The van der Waals surface area contributed by atoms with Crippen LogP contribution in [-0.2, 0) is 10.0 Å². The summed E-state index contributed by atoms with van der Waals surface area (Å²) in [6.07, 6.45) is 2.65. The second-order valence-corrected chi connectivity index (χ2v) is 8.39. The van der Waals surface area contributed by atoms with Crippen LogP contribution in [0.15, 0.2) is 41.4 Å². The minimum Gasteiger partial charge on any atom is -0.393 e. The number of nitrogens with zero attached hydrogens (tertiary/aromatic N) is 2. The molecule has 1 saturated heterocycles. The van der Waals surface area contributed by atoms with Crippen molar-refractivity contribution >= 4 is 21.5 Å². The Kier molecular flexibility index (Phi) is 5.61. The number of hydrogen-bond donors (Lipinski definition) is 2. The molecule has 0 amide bonds. The Balaban J connectivity index is 1.75. The summed E-state index contributed by atoms with van der Waals surface area (Å²) in [5.41, 5.74) is -0.201. The van der Waals surface area contributed by atoms with E-state index in [9.17, 15) is 22.3 Å². The second kappa shape index (κ2) is 7.77. The molecule has 2 unspecified atom stereocenters. The monoisotopic (exact) mass is 397 g/mol. The molecule has 2 heterocycles. The van der Waals surface area contributed by atoms with Crippen LogP contribution in [0.3, 0.4) is 0 Å². The Morgan fingerprint density at radius 1 is 1.26 bits per heavy atom. The molecule has 2 atom stereocenters. The van der Waals surface area contributed by atoms with Gasteiger partial charge in [0, 0.05) is 31.3 Å². The lowest BCUT2D eigenvalue weighted by Gasteiger charge is -2.34. The molecule has 146 valence electrons. The summed E-state index contributed by atoms with van der Waals surface area (Å²) in [7, 11) is -4.02. The maximum atomic E-state index is 13.2. The largest absolute Gasteiger partial charge is 0.393 e. The van der Waals surface area contributed by atoms with E-state index in [1.807, 2.05) is 4.90 Å². The molecule has 0 aliphatic carbocycles. The highest BCUT2D eigenvalue weighted by Crippen LogP contribution is 2.25. The quantitative estimate of drug-likeness (QED) is 0.811. The van der Waals surface area contributed by atoms with E-state index in [0.29, 0.717) is 18.4 Å². The number of aliphatic hydroxyl groups is 1. The van der Waals surface area contributed by atoms with Gasteiger partial charge >= 0.3 is 0 Å². The van der Waals surface area contributed by atoms with Crippen LogP contribution < -0.4 is 9.62 Å². The normalized spacial score (nSPS) is 19.0. The predicted molar refractivity (Wildman–Crippen MR) is 98.0 cm³/mol. The summed E-state index contributed by atoms with van der Waals surface area (Å²) in [6.45, 7) is 3.19. The average Bonchev–Trinajstić information content (AvgIpc) is 2.60. The van der Waals surface area contributed by atoms with Gasteiger partial charge in [-0.25, -0.2) is 22.2 Å². The molecule has 3 rings (SSSR count). The highest BCUT2D eigenvalue weighted by atomic mass is 32.2. The van der Waals surface area contributed by atoms with Gasteiger partial charge in [-0.05, 0) is 44.0 Å². The van der Waals surface area contributed by atoms with Gasteiger partial charge in [-0.2, -0.15) is 0 Å². The summed E-state index contributed by atoms with van der Waals surface area (Å²) in [6, 6.07) is 5.43. The molecule has 0 radical (unpaired) electrons. The zero-order valence-corrected chi connectivity index (χ0v) is 15.6. The number of anilines is 2. The molecular weight excluding hydrogens is 376 g/mol. The van der Waals surface area contributed by atoms with E-state index in [1.165, 1.54) is 12.3 Å². The highest BCUT2D eigenvalue weighted by molar-refractivity contribution is 7.92. The Labute approximate surface area is 156 Å². The zero-order chi connectivity index (χ0) is 19.6. The van der Waals surface area contributed by atoms with E-state index in [4.69, 9.17) is 0 Å². The third kappa shape index (κ3) is 4.72. The number of nitrogens with one attached hydrogen (secondary N) is 1. The zero-order valence-electron chi connectivity index (χ0n) is 14.8. The van der Waals surface area contributed by atoms with Crippen molar-refractivity contribution in [2.45, 2.75) is 30.8 Å². The Hall–Kier alpha value is -2.26. The van der Waals surface area contributed by atoms with Crippen LogP contribution in [0.5, 0.6) is 0 Å². The van der Waals surface area contributed by atoms with Gasteiger partial charge in [-0.1, -0.05) is 0 Å². The first-order valence-corrected chi connectivity index (χ1v) is 10.1. The number of halogens is 2. The number of sulfonamides is 1. The van der Waals surface area contributed by atoms with Crippen LogP contribution >= 0.6 is 0 Å². The Bertz CT molecular complexity index is 884. The minimum absolute atomic E-state index is 0.111. The van der Waals surface area contributed by atoms with E-state index in [0.717, 1.165) is 31.5 Å². The molecule has 0 saturated carbocycles. The maximum absolute atomic E-state index is 13.2. The third-order valence-electron chi connectivity index (χ3n) is 4.61. The third-order valence-corrected chi connectivity index (χ3v) is 5.98. The van der Waals surface area contributed by atoms with Gasteiger partial charge in [0.05, 0.1) is 11.8 Å². The molecule has 2 N–H and O–H groups in total. The molecule has 2 aromatic rings. The number of hydrogen-bond acceptors (Lipinski definition) is 5. The number of piperidine rings is 1. The summed E-state index contributed by atoms with van der Waals surface area (Å²) in [5, 5.41) is 9.78. The number of benzene rings is 1. The molecule has 27 heavy (non-hydrogen) atoms. The lowest BCUT2D eigenvalue weighted by Crippen LogP contribution is -2.39. The summed E-state index contributed by atoms with van der Waals surface area (Å²) < 4.78 is 53.4. The summed E-state index contributed by atoms with van der Waals surface area (Å²) in [4.78, 5) is 6.11. The number of pyridine rings is 1. The maximum Gasteiger partial charge on any atom is 0.263 e. The van der Waals surface area contributed by atoms with E-state index in [2.05, 4.69) is 9.71 Å². The van der Waals surface area contributed by atoms with Crippen LogP contribution in [-0.4, -0.2) is 37.7 Å². The standard InChI is InChI=1S/C18H21F2N3O3S/c1-12(24)13-3-2-6-23(11-13)18-5-4-17(10-21-18)27(25,26)22-16-8-14(19)7-15(20)9-16/h4-5,7-10,12-13,22,24H,2-3,6,11H2,1H3. The molecule has 9 heteroatoms. The molecule has 1 aromatic carbocycles. The first-order valence-electron chi connectivity index (χ1n) is 8.62. The SMILES string of the molecule is CC(O)C1CCCN(c2ccc(S(=O)(=O)Nc3cc(F)cc(F)c3)cn2)C1. The van der Waals surface area contributed by atoms with Crippen LogP contribution in [0.4, 0.5) is 20.3 Å².